The van der Waals surface area contributed by atoms with Crippen molar-refractivity contribution < 1.29 is 17.9 Å². The van der Waals surface area contributed by atoms with Crippen molar-refractivity contribution in [3.63, 3.8) is 0 Å². The van der Waals surface area contributed by atoms with Crippen molar-refractivity contribution in [2.24, 2.45) is 0 Å². The highest BCUT2D eigenvalue weighted by molar-refractivity contribution is 5.83. The molecular weight excluding hydrogens is 317 g/mol. The lowest BCUT2D eigenvalue weighted by atomic mass is 10.1. The molecule has 0 unspecified atom stereocenters. The van der Waals surface area contributed by atoms with Crippen molar-refractivity contribution >= 4 is 10.9 Å². The second kappa shape index (κ2) is 7.15. The summed E-state index contributed by atoms with van der Waals surface area (Å²) in [5.41, 5.74) is 1.14. The lowest BCUT2D eigenvalue weighted by Crippen LogP contribution is -2.43. The van der Waals surface area contributed by atoms with Gasteiger partial charge in [0.15, 0.2) is 0 Å². The van der Waals surface area contributed by atoms with Crippen LogP contribution in [0.1, 0.15) is 33.3 Å². The molecule has 0 amide bonds. The number of aromatic nitrogens is 1. The van der Waals surface area contributed by atoms with Crippen LogP contribution in [0.2, 0.25) is 0 Å². The number of rotatable bonds is 7. The number of fused-ring (bicyclic) bond motifs is 1. The first-order chi connectivity index (χ1) is 11.1. The Labute approximate surface area is 140 Å². The highest BCUT2D eigenvalue weighted by atomic mass is 19.3. The minimum Gasteiger partial charge on any atom is -0.370 e. The second-order valence-corrected chi connectivity index (χ2v) is 7.25. The van der Waals surface area contributed by atoms with E-state index in [1.54, 1.807) is 33.0 Å². The van der Waals surface area contributed by atoms with Gasteiger partial charge < -0.3 is 15.0 Å². The molecule has 3 nitrogen and oxygen atoms in total. The van der Waals surface area contributed by atoms with Crippen molar-refractivity contribution in [1.82, 2.24) is 10.3 Å². The average Bonchev–Trinajstić information content (AvgIpc) is 2.85. The number of alkyl halides is 2. The molecule has 0 fully saturated rings. The molecule has 0 aliphatic heterocycles. The lowest BCUT2D eigenvalue weighted by molar-refractivity contribution is -0.120. The normalized spacial score (nSPS) is 14.3. The molecular formula is C18H25F3N2O. The van der Waals surface area contributed by atoms with E-state index < -0.39 is 24.7 Å². The summed E-state index contributed by atoms with van der Waals surface area (Å²) in [6.45, 7) is 5.99. The number of hydrogen-bond acceptors (Lipinski definition) is 2. The maximum Gasteiger partial charge on any atom is 0.283 e. The van der Waals surface area contributed by atoms with E-state index >= 15 is 0 Å². The van der Waals surface area contributed by atoms with Gasteiger partial charge in [-0.3, -0.25) is 0 Å². The van der Waals surface area contributed by atoms with Gasteiger partial charge in [-0.25, -0.2) is 13.2 Å². The summed E-state index contributed by atoms with van der Waals surface area (Å²) in [6, 6.07) is 4.34. The maximum absolute atomic E-state index is 13.9. The molecule has 2 N–H and O–H groups in total. The fourth-order valence-electron chi connectivity index (χ4n) is 2.42. The van der Waals surface area contributed by atoms with Crippen LogP contribution in [-0.2, 0) is 11.2 Å². The number of aromatic amines is 1. The summed E-state index contributed by atoms with van der Waals surface area (Å²) in [5, 5.41) is 3.62. The average molecular weight is 342 g/mol. The van der Waals surface area contributed by atoms with Gasteiger partial charge >= 0.3 is 0 Å². The van der Waals surface area contributed by atoms with Crippen molar-refractivity contribution in [3.05, 3.63) is 35.8 Å². The lowest BCUT2D eigenvalue weighted by Gasteiger charge is -2.25. The number of benzene rings is 1. The van der Waals surface area contributed by atoms with Crippen molar-refractivity contribution in [3.8, 4) is 0 Å². The summed E-state index contributed by atoms with van der Waals surface area (Å²) >= 11 is 0. The van der Waals surface area contributed by atoms with Crippen LogP contribution in [0.25, 0.3) is 10.9 Å². The Bertz CT molecular complexity index is 676. The van der Waals surface area contributed by atoms with E-state index in [4.69, 9.17) is 4.74 Å². The van der Waals surface area contributed by atoms with Gasteiger partial charge in [0, 0.05) is 23.1 Å². The highest BCUT2D eigenvalue weighted by Crippen LogP contribution is 2.21. The molecule has 0 spiro atoms. The zero-order valence-corrected chi connectivity index (χ0v) is 14.6. The maximum atomic E-state index is 13.9. The Hall–Kier alpha value is -1.53. The first-order valence-corrected chi connectivity index (χ1v) is 8.06. The Balaban J connectivity index is 1.90. The van der Waals surface area contributed by atoms with E-state index in [1.807, 2.05) is 6.92 Å². The third-order valence-corrected chi connectivity index (χ3v) is 3.68. The number of ether oxygens (including phenoxy) is 1. The molecule has 0 saturated heterocycles. The van der Waals surface area contributed by atoms with Gasteiger partial charge in [0.1, 0.15) is 12.4 Å². The van der Waals surface area contributed by atoms with Crippen LogP contribution >= 0.6 is 0 Å². The fraction of sp³-hybridized carbons (Fsp3) is 0.556. The van der Waals surface area contributed by atoms with Crippen LogP contribution in [0.5, 0.6) is 0 Å². The molecule has 0 bridgehead atoms. The number of halogens is 3. The van der Waals surface area contributed by atoms with Gasteiger partial charge in [0.25, 0.3) is 5.92 Å². The zero-order valence-electron chi connectivity index (χ0n) is 14.6. The minimum absolute atomic E-state index is 0.173. The van der Waals surface area contributed by atoms with Gasteiger partial charge in [-0.1, -0.05) is 0 Å². The number of H-pyrrole nitrogens is 1. The van der Waals surface area contributed by atoms with Crippen LogP contribution in [0, 0.1) is 5.82 Å². The summed E-state index contributed by atoms with van der Waals surface area (Å²) in [4.78, 5) is 3.07. The molecule has 1 heterocycles. The third-order valence-electron chi connectivity index (χ3n) is 3.68. The quantitative estimate of drug-likeness (QED) is 0.788. The first-order valence-electron chi connectivity index (χ1n) is 8.06. The van der Waals surface area contributed by atoms with Crippen LogP contribution in [-0.4, -0.2) is 35.7 Å². The molecule has 0 saturated carbocycles. The van der Waals surface area contributed by atoms with Gasteiger partial charge in [-0.05, 0) is 57.9 Å². The largest absolute Gasteiger partial charge is 0.370 e. The van der Waals surface area contributed by atoms with Crippen molar-refractivity contribution in [1.29, 1.82) is 0 Å². The summed E-state index contributed by atoms with van der Waals surface area (Å²) in [6.07, 6.45) is 2.32. The molecule has 24 heavy (non-hydrogen) atoms. The zero-order chi connectivity index (χ0) is 18.0. The number of hydrogen-bond donors (Lipinski definition) is 2. The minimum atomic E-state index is -2.94. The standard InChI is InChI=1S/C18H25F3N2O/c1-12(23-10-18(20,21)11-24-17(2,3)4)7-13-9-22-16-6-5-14(19)8-15(13)16/h5-6,8-9,12,22-23H,7,10-11H2,1-4H3/t12-/m1/s1. The Morgan fingerprint density at radius 1 is 1.25 bits per heavy atom. The first kappa shape index (κ1) is 18.8. The Morgan fingerprint density at radius 3 is 2.62 bits per heavy atom. The van der Waals surface area contributed by atoms with E-state index in [0.717, 1.165) is 16.5 Å². The summed E-state index contributed by atoms with van der Waals surface area (Å²) < 4.78 is 46.3. The van der Waals surface area contributed by atoms with Crippen LogP contribution in [0.3, 0.4) is 0 Å². The smallest absolute Gasteiger partial charge is 0.283 e. The van der Waals surface area contributed by atoms with E-state index in [2.05, 4.69) is 10.3 Å². The van der Waals surface area contributed by atoms with Crippen molar-refractivity contribution in [2.75, 3.05) is 13.2 Å². The van der Waals surface area contributed by atoms with E-state index in [-0.39, 0.29) is 11.9 Å². The fourth-order valence-corrected chi connectivity index (χ4v) is 2.42. The van der Waals surface area contributed by atoms with Gasteiger partial charge in [0.2, 0.25) is 0 Å². The van der Waals surface area contributed by atoms with Gasteiger partial charge in [-0.2, -0.15) is 0 Å². The molecule has 1 aromatic heterocycles. The SMILES string of the molecule is C[C@H](Cc1c[nH]c2ccc(F)cc12)NCC(F)(F)COC(C)(C)C. The van der Waals surface area contributed by atoms with Crippen molar-refractivity contribution in [2.45, 2.75) is 51.7 Å². The predicted octanol–water partition coefficient (Wildman–Crippen LogP) is 4.28. The Kier molecular flexibility index (Phi) is 5.60. The monoisotopic (exact) mass is 342 g/mol. The molecule has 1 atom stereocenters. The van der Waals surface area contributed by atoms with E-state index in [9.17, 15) is 13.2 Å². The van der Waals surface area contributed by atoms with Gasteiger partial charge in [-0.15, -0.1) is 0 Å². The summed E-state index contributed by atoms with van der Waals surface area (Å²) in [5.74, 6) is -3.25. The molecule has 2 rings (SSSR count). The highest BCUT2D eigenvalue weighted by Gasteiger charge is 2.31. The van der Waals surface area contributed by atoms with Crippen LogP contribution in [0.4, 0.5) is 13.2 Å². The second-order valence-electron chi connectivity index (χ2n) is 7.25. The molecule has 6 heteroatoms. The molecule has 0 aliphatic carbocycles. The molecule has 0 aliphatic rings. The number of nitrogens with one attached hydrogen (secondary N) is 2. The third kappa shape index (κ3) is 5.53. The molecule has 134 valence electrons. The molecule has 0 radical (unpaired) electrons. The van der Waals surface area contributed by atoms with Crippen LogP contribution < -0.4 is 5.32 Å². The molecule has 1 aromatic carbocycles. The Morgan fingerprint density at radius 2 is 1.96 bits per heavy atom. The predicted molar refractivity (Wildman–Crippen MR) is 90.1 cm³/mol. The van der Waals surface area contributed by atoms with E-state index in [0.29, 0.717) is 6.42 Å². The molecule has 2 aromatic rings. The van der Waals surface area contributed by atoms with Gasteiger partial charge in [0.05, 0.1) is 12.1 Å². The topological polar surface area (TPSA) is 37.0 Å². The van der Waals surface area contributed by atoms with Crippen LogP contribution in [0.15, 0.2) is 24.4 Å². The van der Waals surface area contributed by atoms with E-state index in [1.165, 1.54) is 12.1 Å². The summed E-state index contributed by atoms with van der Waals surface area (Å²) in [7, 11) is 0.